The Morgan fingerprint density at radius 2 is 2.22 bits per heavy atom. The summed E-state index contributed by atoms with van der Waals surface area (Å²) in [7, 11) is 0. The summed E-state index contributed by atoms with van der Waals surface area (Å²) in [6.07, 6.45) is 6.18. The molecule has 2 heterocycles. The van der Waals surface area contributed by atoms with Crippen molar-refractivity contribution >= 4 is 33.4 Å². The number of benzene rings is 1. The third-order valence-corrected chi connectivity index (χ3v) is 4.90. The van der Waals surface area contributed by atoms with Crippen LogP contribution in [-0.4, -0.2) is 17.6 Å². The largest absolute Gasteiger partial charge is 0.472 e. The highest BCUT2D eigenvalue weighted by molar-refractivity contribution is 7.19. The molecule has 0 aliphatic carbocycles. The van der Waals surface area contributed by atoms with Crippen molar-refractivity contribution in [2.24, 2.45) is 0 Å². The second-order valence-electron chi connectivity index (χ2n) is 5.53. The van der Waals surface area contributed by atoms with E-state index in [0.29, 0.717) is 0 Å². The lowest BCUT2D eigenvalue weighted by atomic mass is 10.0. The van der Waals surface area contributed by atoms with Crippen molar-refractivity contribution in [3.8, 4) is 0 Å². The van der Waals surface area contributed by atoms with Gasteiger partial charge in [0, 0.05) is 21.2 Å². The fourth-order valence-electron chi connectivity index (χ4n) is 2.19. The number of thiophene rings is 1. The summed E-state index contributed by atoms with van der Waals surface area (Å²) in [5.74, 6) is -0.257. The highest BCUT2D eigenvalue weighted by Gasteiger charge is 2.25. The molecule has 2 N–H and O–H groups in total. The minimum Gasteiger partial charge on any atom is -0.472 e. The van der Waals surface area contributed by atoms with Crippen molar-refractivity contribution < 1.29 is 14.3 Å². The third-order valence-electron chi connectivity index (χ3n) is 3.53. The fraction of sp³-hybridized carbons (Fsp3) is 0.167. The van der Waals surface area contributed by atoms with Crippen molar-refractivity contribution in [2.45, 2.75) is 12.5 Å². The molecule has 3 aromatic rings. The smallest absolute Gasteiger partial charge is 0.244 e. The molecule has 0 radical (unpaired) electrons. The van der Waals surface area contributed by atoms with E-state index in [1.165, 1.54) is 17.4 Å². The van der Waals surface area contributed by atoms with Crippen molar-refractivity contribution in [3.63, 3.8) is 0 Å². The number of carbonyl (C=O) groups excluding carboxylic acids is 1. The van der Waals surface area contributed by atoms with E-state index in [1.54, 1.807) is 31.6 Å². The Hall–Kier alpha value is -2.37. The van der Waals surface area contributed by atoms with Crippen molar-refractivity contribution in [1.82, 2.24) is 5.32 Å². The minimum absolute atomic E-state index is 0.147. The van der Waals surface area contributed by atoms with Crippen LogP contribution in [-0.2, 0) is 10.4 Å². The van der Waals surface area contributed by atoms with Crippen molar-refractivity contribution in [3.05, 3.63) is 65.4 Å². The normalized spacial score (nSPS) is 14.2. The van der Waals surface area contributed by atoms with E-state index in [0.717, 1.165) is 20.5 Å². The van der Waals surface area contributed by atoms with Gasteiger partial charge in [-0.1, -0.05) is 18.2 Å². The van der Waals surface area contributed by atoms with Crippen molar-refractivity contribution in [2.75, 3.05) is 6.54 Å². The van der Waals surface area contributed by atoms with Crippen LogP contribution in [0.25, 0.3) is 16.2 Å². The molecule has 118 valence electrons. The molecule has 3 rings (SSSR count). The second-order valence-corrected chi connectivity index (χ2v) is 6.61. The zero-order chi connectivity index (χ0) is 16.3. The van der Waals surface area contributed by atoms with Gasteiger partial charge in [-0.3, -0.25) is 4.79 Å². The van der Waals surface area contributed by atoms with Gasteiger partial charge in [0.15, 0.2) is 0 Å². The minimum atomic E-state index is -1.11. The summed E-state index contributed by atoms with van der Waals surface area (Å²) < 4.78 is 6.05. The summed E-state index contributed by atoms with van der Waals surface area (Å²) in [5.41, 5.74) is -0.292. The highest BCUT2D eigenvalue weighted by Crippen LogP contribution is 2.32. The van der Waals surface area contributed by atoms with Gasteiger partial charge in [0.25, 0.3) is 0 Å². The van der Waals surface area contributed by atoms with E-state index in [-0.39, 0.29) is 12.5 Å². The molecular formula is C18H17NO3S. The molecule has 5 heteroatoms. The summed E-state index contributed by atoms with van der Waals surface area (Å²) in [4.78, 5) is 12.7. The standard InChI is InChI=1S/C18H17NO3S/c1-18(21,16-10-14-4-2-3-5-15(14)23-16)12-19-17(20)7-6-13-8-9-22-11-13/h2-11,21H,12H2,1H3,(H,19,20)/b7-6+/t18-/m1/s1. The van der Waals surface area contributed by atoms with E-state index in [9.17, 15) is 9.90 Å². The molecule has 1 atom stereocenters. The summed E-state index contributed by atoms with van der Waals surface area (Å²) in [6.45, 7) is 1.85. The van der Waals surface area contributed by atoms with Crippen LogP contribution in [0.1, 0.15) is 17.4 Å². The number of hydrogen-bond acceptors (Lipinski definition) is 4. The predicted molar refractivity (Wildman–Crippen MR) is 92.1 cm³/mol. The Morgan fingerprint density at radius 1 is 1.39 bits per heavy atom. The quantitative estimate of drug-likeness (QED) is 0.705. The van der Waals surface area contributed by atoms with Crippen LogP contribution in [0.3, 0.4) is 0 Å². The van der Waals surface area contributed by atoms with Crippen LogP contribution in [0.4, 0.5) is 0 Å². The number of amides is 1. The van der Waals surface area contributed by atoms with Crippen LogP contribution in [0.15, 0.2) is 59.4 Å². The van der Waals surface area contributed by atoms with E-state index in [1.807, 2.05) is 30.3 Å². The van der Waals surface area contributed by atoms with Gasteiger partial charge in [0.1, 0.15) is 5.60 Å². The number of furan rings is 1. The first kappa shape index (κ1) is 15.5. The van der Waals surface area contributed by atoms with Crippen LogP contribution < -0.4 is 5.32 Å². The van der Waals surface area contributed by atoms with Crippen molar-refractivity contribution in [1.29, 1.82) is 0 Å². The zero-order valence-corrected chi connectivity index (χ0v) is 13.5. The molecular weight excluding hydrogens is 310 g/mol. The molecule has 23 heavy (non-hydrogen) atoms. The zero-order valence-electron chi connectivity index (χ0n) is 12.7. The number of carbonyl (C=O) groups is 1. The lowest BCUT2D eigenvalue weighted by Gasteiger charge is -2.21. The maximum Gasteiger partial charge on any atom is 0.244 e. The molecule has 0 bridgehead atoms. The van der Waals surface area contributed by atoms with Crippen LogP contribution in [0.2, 0.25) is 0 Å². The maximum absolute atomic E-state index is 11.9. The lowest BCUT2D eigenvalue weighted by Crippen LogP contribution is -2.37. The molecule has 0 aliphatic rings. The number of nitrogens with one attached hydrogen (secondary N) is 1. The summed E-state index contributed by atoms with van der Waals surface area (Å²) in [6, 6.07) is 11.7. The monoisotopic (exact) mass is 327 g/mol. The molecule has 0 saturated carbocycles. The van der Waals surface area contributed by atoms with Gasteiger partial charge in [-0.25, -0.2) is 0 Å². The highest BCUT2D eigenvalue weighted by atomic mass is 32.1. The maximum atomic E-state index is 11.9. The SMILES string of the molecule is C[C@@](O)(CNC(=O)/C=C/c1ccoc1)c1cc2ccccc2s1. The Bertz CT molecular complexity index is 798. The van der Waals surface area contributed by atoms with Gasteiger partial charge < -0.3 is 14.8 Å². The fourth-order valence-corrected chi connectivity index (χ4v) is 3.30. The first-order valence-electron chi connectivity index (χ1n) is 7.24. The molecule has 0 saturated heterocycles. The molecule has 0 fully saturated rings. The van der Waals surface area contributed by atoms with Crippen LogP contribution in [0, 0.1) is 0 Å². The van der Waals surface area contributed by atoms with Crippen LogP contribution in [0.5, 0.6) is 0 Å². The van der Waals surface area contributed by atoms with E-state index < -0.39 is 5.60 Å². The Kier molecular flexibility index (Phi) is 4.32. The van der Waals surface area contributed by atoms with E-state index in [2.05, 4.69) is 5.32 Å². The molecule has 0 unspecified atom stereocenters. The third kappa shape index (κ3) is 3.70. The van der Waals surface area contributed by atoms with Gasteiger partial charge >= 0.3 is 0 Å². The first-order chi connectivity index (χ1) is 11.0. The topological polar surface area (TPSA) is 62.5 Å². The molecule has 4 nitrogen and oxygen atoms in total. The predicted octanol–water partition coefficient (Wildman–Crippen LogP) is 3.53. The molecule has 0 aliphatic heterocycles. The number of fused-ring (bicyclic) bond motifs is 1. The number of rotatable bonds is 5. The van der Waals surface area contributed by atoms with Gasteiger partial charge in [0.05, 0.1) is 19.1 Å². The Balaban J connectivity index is 1.65. The Morgan fingerprint density at radius 3 is 2.96 bits per heavy atom. The van der Waals surface area contributed by atoms with E-state index in [4.69, 9.17) is 4.42 Å². The van der Waals surface area contributed by atoms with Gasteiger partial charge in [-0.2, -0.15) is 0 Å². The number of hydrogen-bond donors (Lipinski definition) is 2. The van der Waals surface area contributed by atoms with Crippen LogP contribution >= 0.6 is 11.3 Å². The average Bonchev–Trinajstić information content (AvgIpc) is 3.20. The summed E-state index contributed by atoms with van der Waals surface area (Å²) >= 11 is 1.54. The summed E-state index contributed by atoms with van der Waals surface area (Å²) in [5, 5.41) is 14.5. The lowest BCUT2D eigenvalue weighted by molar-refractivity contribution is -0.117. The molecule has 2 aromatic heterocycles. The first-order valence-corrected chi connectivity index (χ1v) is 8.06. The number of aliphatic hydroxyl groups is 1. The average molecular weight is 327 g/mol. The van der Waals surface area contributed by atoms with Gasteiger partial charge in [-0.05, 0) is 36.6 Å². The molecule has 1 amide bonds. The second kappa shape index (κ2) is 6.40. The molecule has 1 aromatic carbocycles. The van der Waals surface area contributed by atoms with Gasteiger partial charge in [-0.15, -0.1) is 11.3 Å². The van der Waals surface area contributed by atoms with Gasteiger partial charge in [0.2, 0.25) is 5.91 Å². The van der Waals surface area contributed by atoms with E-state index >= 15 is 0 Å². The molecule has 0 spiro atoms. The Labute approximate surface area is 138 Å².